The van der Waals surface area contributed by atoms with Gasteiger partial charge in [-0.1, -0.05) is 42.0 Å². The molecule has 2 aromatic rings. The third-order valence-corrected chi connectivity index (χ3v) is 4.67. The molecule has 1 N–H and O–H groups in total. The highest BCUT2D eigenvalue weighted by Crippen LogP contribution is 2.08. The van der Waals surface area contributed by atoms with Crippen molar-refractivity contribution in [3.05, 3.63) is 71.0 Å². The van der Waals surface area contributed by atoms with Gasteiger partial charge in [0.25, 0.3) is 0 Å². The summed E-state index contributed by atoms with van der Waals surface area (Å²) in [6.07, 6.45) is 1.39. The zero-order chi connectivity index (χ0) is 16.0. The Hall–Kier alpha value is -1.72. The Balaban J connectivity index is 1.79. The highest BCUT2D eigenvalue weighted by molar-refractivity contribution is 7.88. The smallest absolute Gasteiger partial charge is 0.215 e. The molecule has 3 nitrogen and oxygen atoms in total. The van der Waals surface area contributed by atoms with Crippen molar-refractivity contribution < 1.29 is 12.8 Å². The van der Waals surface area contributed by atoms with E-state index in [9.17, 15) is 12.8 Å². The lowest BCUT2D eigenvalue weighted by Crippen LogP contribution is -2.26. The molecule has 5 heteroatoms. The van der Waals surface area contributed by atoms with Gasteiger partial charge >= 0.3 is 0 Å². The summed E-state index contributed by atoms with van der Waals surface area (Å²) in [5.41, 5.74) is 2.83. The molecule has 2 aromatic carbocycles. The van der Waals surface area contributed by atoms with Crippen LogP contribution in [0.5, 0.6) is 0 Å². The predicted octanol–water partition coefficient (Wildman–Crippen LogP) is 3.19. The first-order valence-electron chi connectivity index (χ1n) is 7.22. The van der Waals surface area contributed by atoms with Crippen LogP contribution in [0.3, 0.4) is 0 Å². The predicted molar refractivity (Wildman–Crippen MR) is 86.5 cm³/mol. The van der Waals surface area contributed by atoms with Gasteiger partial charge in [0.15, 0.2) is 0 Å². The van der Waals surface area contributed by atoms with Gasteiger partial charge in [-0.25, -0.2) is 17.5 Å². The van der Waals surface area contributed by atoms with Crippen LogP contribution in [0.15, 0.2) is 48.5 Å². The first-order chi connectivity index (χ1) is 10.4. The molecule has 0 atom stereocenters. The van der Waals surface area contributed by atoms with Crippen LogP contribution in [0.1, 0.15) is 23.1 Å². The average Bonchev–Trinajstić information content (AvgIpc) is 2.45. The lowest BCUT2D eigenvalue weighted by atomic mass is 10.1. The van der Waals surface area contributed by atoms with E-state index in [0.717, 1.165) is 16.7 Å². The Morgan fingerprint density at radius 3 is 2.45 bits per heavy atom. The number of aryl methyl sites for hydroxylation is 2. The van der Waals surface area contributed by atoms with Crippen molar-refractivity contribution >= 4 is 10.0 Å². The van der Waals surface area contributed by atoms with Crippen molar-refractivity contribution in [2.24, 2.45) is 0 Å². The summed E-state index contributed by atoms with van der Waals surface area (Å²) in [4.78, 5) is 0. The van der Waals surface area contributed by atoms with Crippen LogP contribution < -0.4 is 4.72 Å². The van der Waals surface area contributed by atoms with Crippen molar-refractivity contribution in [1.29, 1.82) is 0 Å². The molecule has 0 fully saturated rings. The van der Waals surface area contributed by atoms with E-state index in [1.165, 1.54) is 12.1 Å². The first kappa shape index (κ1) is 16.6. The van der Waals surface area contributed by atoms with Crippen LogP contribution in [-0.4, -0.2) is 15.0 Å². The molecule has 0 amide bonds. The average molecular weight is 321 g/mol. The Bertz CT molecular complexity index is 712. The molecule has 0 saturated heterocycles. The molecule has 0 bridgehead atoms. The number of halogens is 1. The summed E-state index contributed by atoms with van der Waals surface area (Å²) in [5.74, 6) is -0.270. The van der Waals surface area contributed by atoms with Gasteiger partial charge in [0.05, 0.1) is 5.75 Å². The molecule has 0 aliphatic heterocycles. The molecule has 0 aromatic heterocycles. The summed E-state index contributed by atoms with van der Waals surface area (Å²) < 4.78 is 39.4. The van der Waals surface area contributed by atoms with Gasteiger partial charge < -0.3 is 0 Å². The minimum absolute atomic E-state index is 0.00870. The Kier molecular flexibility index (Phi) is 5.69. The SMILES string of the molecule is Cc1cccc(CS(=O)(=O)NCCCc2ccc(F)cc2)c1. The fourth-order valence-electron chi connectivity index (χ4n) is 2.24. The third-order valence-electron chi connectivity index (χ3n) is 3.32. The number of nitrogens with one attached hydrogen (secondary N) is 1. The van der Waals surface area contributed by atoms with Gasteiger partial charge in [-0.2, -0.15) is 0 Å². The normalized spacial score (nSPS) is 11.5. The van der Waals surface area contributed by atoms with E-state index < -0.39 is 10.0 Å². The maximum Gasteiger partial charge on any atom is 0.215 e. The van der Waals surface area contributed by atoms with E-state index >= 15 is 0 Å². The van der Waals surface area contributed by atoms with Crippen molar-refractivity contribution in [1.82, 2.24) is 4.72 Å². The zero-order valence-corrected chi connectivity index (χ0v) is 13.4. The first-order valence-corrected chi connectivity index (χ1v) is 8.87. The number of sulfonamides is 1. The van der Waals surface area contributed by atoms with Crippen molar-refractivity contribution in [2.45, 2.75) is 25.5 Å². The molecule has 2 rings (SSSR count). The Morgan fingerprint density at radius 2 is 1.77 bits per heavy atom. The summed E-state index contributed by atoms with van der Waals surface area (Å²) in [6.45, 7) is 2.32. The van der Waals surface area contributed by atoms with E-state index in [4.69, 9.17) is 0 Å². The molecule has 0 aliphatic rings. The topological polar surface area (TPSA) is 46.2 Å². The van der Waals surface area contributed by atoms with E-state index in [0.29, 0.717) is 19.4 Å². The maximum absolute atomic E-state index is 12.8. The number of rotatable bonds is 7. The monoisotopic (exact) mass is 321 g/mol. The van der Waals surface area contributed by atoms with E-state index in [1.54, 1.807) is 12.1 Å². The largest absolute Gasteiger partial charge is 0.215 e. The second kappa shape index (κ2) is 7.51. The van der Waals surface area contributed by atoms with E-state index in [2.05, 4.69) is 4.72 Å². The maximum atomic E-state index is 12.8. The zero-order valence-electron chi connectivity index (χ0n) is 12.5. The summed E-state index contributed by atoms with van der Waals surface area (Å²) in [7, 11) is -3.32. The lowest BCUT2D eigenvalue weighted by molar-refractivity contribution is 0.578. The van der Waals surface area contributed by atoms with Gasteiger partial charge in [0.2, 0.25) is 10.0 Å². The minimum Gasteiger partial charge on any atom is -0.215 e. The second-order valence-electron chi connectivity index (χ2n) is 5.37. The van der Waals surface area contributed by atoms with Crippen LogP contribution >= 0.6 is 0 Å². The molecule has 0 spiro atoms. The second-order valence-corrected chi connectivity index (χ2v) is 7.18. The molecule has 22 heavy (non-hydrogen) atoms. The lowest BCUT2D eigenvalue weighted by Gasteiger charge is -2.07. The van der Waals surface area contributed by atoms with Crippen LogP contribution in [0.4, 0.5) is 4.39 Å². The fraction of sp³-hybridized carbons (Fsp3) is 0.294. The molecule has 0 radical (unpaired) electrons. The fourth-order valence-corrected chi connectivity index (χ4v) is 3.42. The van der Waals surface area contributed by atoms with Crippen LogP contribution in [-0.2, 0) is 22.2 Å². The van der Waals surface area contributed by atoms with Crippen molar-refractivity contribution in [3.63, 3.8) is 0 Å². The highest BCUT2D eigenvalue weighted by Gasteiger charge is 2.10. The highest BCUT2D eigenvalue weighted by atomic mass is 32.2. The van der Waals surface area contributed by atoms with Gasteiger partial charge in [-0.15, -0.1) is 0 Å². The Labute approximate surface area is 131 Å². The molecule has 0 saturated carbocycles. The minimum atomic E-state index is -3.32. The van der Waals surface area contributed by atoms with Gasteiger partial charge in [-0.3, -0.25) is 0 Å². The van der Waals surface area contributed by atoms with Gasteiger partial charge in [-0.05, 0) is 43.0 Å². The van der Waals surface area contributed by atoms with E-state index in [-0.39, 0.29) is 11.6 Å². The molecule has 0 aliphatic carbocycles. The van der Waals surface area contributed by atoms with Crippen LogP contribution in [0.25, 0.3) is 0 Å². The number of hydrogen-bond acceptors (Lipinski definition) is 2. The van der Waals surface area contributed by atoms with Crippen molar-refractivity contribution in [2.75, 3.05) is 6.54 Å². The third kappa shape index (κ3) is 5.58. The van der Waals surface area contributed by atoms with Crippen LogP contribution in [0, 0.1) is 12.7 Å². The van der Waals surface area contributed by atoms with Gasteiger partial charge in [0.1, 0.15) is 5.82 Å². The number of benzene rings is 2. The molecular weight excluding hydrogens is 301 g/mol. The van der Waals surface area contributed by atoms with Gasteiger partial charge in [0, 0.05) is 6.54 Å². The van der Waals surface area contributed by atoms with E-state index in [1.807, 2.05) is 31.2 Å². The standard InChI is InChI=1S/C17H20FNO2S/c1-14-4-2-5-16(12-14)13-22(20,21)19-11-3-6-15-7-9-17(18)10-8-15/h2,4-5,7-10,12,19H,3,6,11,13H2,1H3. The molecular formula is C17H20FNO2S. The summed E-state index contributed by atoms with van der Waals surface area (Å²) in [5, 5.41) is 0. The van der Waals surface area contributed by atoms with Crippen molar-refractivity contribution in [3.8, 4) is 0 Å². The molecule has 0 heterocycles. The summed E-state index contributed by atoms with van der Waals surface area (Å²) >= 11 is 0. The number of hydrogen-bond donors (Lipinski definition) is 1. The summed E-state index contributed by atoms with van der Waals surface area (Å²) in [6, 6.07) is 13.7. The molecule has 0 unspecified atom stereocenters. The van der Waals surface area contributed by atoms with Crippen LogP contribution in [0.2, 0.25) is 0 Å². The Morgan fingerprint density at radius 1 is 1.05 bits per heavy atom. The molecule has 118 valence electrons. The quantitative estimate of drug-likeness (QED) is 0.796.